The van der Waals surface area contributed by atoms with Crippen molar-refractivity contribution >= 4 is 29.2 Å². The average molecular weight is 354 g/mol. The van der Waals surface area contributed by atoms with Crippen molar-refractivity contribution in [2.24, 2.45) is 10.7 Å². The van der Waals surface area contributed by atoms with Crippen molar-refractivity contribution in [3.63, 3.8) is 0 Å². The fraction of sp³-hybridized carbons (Fsp3) is 0.0556. The number of aromatic amines is 1. The maximum Gasteiger partial charge on any atom is 0.252 e. The summed E-state index contributed by atoms with van der Waals surface area (Å²) in [5, 5.41) is 3.54. The Hall–Kier alpha value is -3.12. The van der Waals surface area contributed by atoms with E-state index in [1.54, 1.807) is 6.07 Å². The molecule has 1 aromatic heterocycles. The van der Waals surface area contributed by atoms with Crippen LogP contribution in [-0.2, 0) is 0 Å². The first-order chi connectivity index (χ1) is 12.0. The Labute approximate surface area is 149 Å². The van der Waals surface area contributed by atoms with Gasteiger partial charge >= 0.3 is 0 Å². The minimum Gasteiger partial charge on any atom is -0.369 e. The van der Waals surface area contributed by atoms with Crippen LogP contribution in [-0.4, -0.2) is 15.9 Å². The molecule has 3 aromatic rings. The molecule has 25 heavy (non-hydrogen) atoms. The van der Waals surface area contributed by atoms with Crippen molar-refractivity contribution in [2.45, 2.75) is 6.92 Å². The van der Waals surface area contributed by atoms with Gasteiger partial charge in [0.15, 0.2) is 0 Å². The number of nitrogens with zero attached hydrogens (tertiary/aromatic N) is 2. The number of nitrogens with one attached hydrogen (secondary N) is 2. The molecule has 2 aromatic carbocycles. The van der Waals surface area contributed by atoms with Gasteiger partial charge in [-0.05, 0) is 24.6 Å². The Morgan fingerprint density at radius 2 is 1.96 bits per heavy atom. The number of halogens is 1. The van der Waals surface area contributed by atoms with Crippen LogP contribution in [0.4, 0.5) is 11.6 Å². The zero-order valence-corrected chi connectivity index (χ0v) is 14.2. The lowest BCUT2D eigenvalue weighted by atomic mass is 10.1. The van der Waals surface area contributed by atoms with Crippen molar-refractivity contribution in [3.05, 3.63) is 75.5 Å². The maximum absolute atomic E-state index is 11.9. The van der Waals surface area contributed by atoms with Crippen molar-refractivity contribution in [1.82, 2.24) is 9.97 Å². The predicted octanol–water partition coefficient (Wildman–Crippen LogP) is 3.46. The zero-order valence-electron chi connectivity index (χ0n) is 13.5. The third-order valence-corrected chi connectivity index (χ3v) is 3.88. The molecule has 126 valence electrons. The Morgan fingerprint density at radius 3 is 2.68 bits per heavy atom. The molecule has 0 unspecified atom stereocenters. The summed E-state index contributed by atoms with van der Waals surface area (Å²) in [7, 11) is 0. The van der Waals surface area contributed by atoms with Crippen molar-refractivity contribution in [3.8, 4) is 11.3 Å². The summed E-state index contributed by atoms with van der Waals surface area (Å²) >= 11 is 6.09. The Bertz CT molecular complexity index is 982. The van der Waals surface area contributed by atoms with E-state index in [1.165, 1.54) is 6.07 Å². The fourth-order valence-corrected chi connectivity index (χ4v) is 2.40. The number of nitrogens with two attached hydrogens (primary N) is 1. The number of hydrogen-bond acceptors (Lipinski definition) is 3. The number of benzene rings is 2. The topological polar surface area (TPSA) is 96.2 Å². The van der Waals surface area contributed by atoms with Gasteiger partial charge in [-0.15, -0.1) is 0 Å². The molecule has 0 saturated carbocycles. The fourth-order valence-electron chi connectivity index (χ4n) is 2.22. The molecule has 0 aliphatic heterocycles. The second-order valence-electron chi connectivity index (χ2n) is 5.41. The molecule has 0 fully saturated rings. The van der Waals surface area contributed by atoms with Gasteiger partial charge in [0.2, 0.25) is 11.9 Å². The third-order valence-electron chi connectivity index (χ3n) is 3.47. The minimum atomic E-state index is -0.307. The third kappa shape index (κ3) is 4.24. The molecule has 0 atom stereocenters. The zero-order chi connectivity index (χ0) is 17.8. The van der Waals surface area contributed by atoms with Gasteiger partial charge in [0.25, 0.3) is 5.56 Å². The lowest BCUT2D eigenvalue weighted by molar-refractivity contribution is 1.10. The van der Waals surface area contributed by atoms with Crippen LogP contribution in [0.3, 0.4) is 0 Å². The van der Waals surface area contributed by atoms with Crippen LogP contribution in [0.15, 0.2) is 64.4 Å². The van der Waals surface area contributed by atoms with E-state index in [4.69, 9.17) is 17.3 Å². The van der Waals surface area contributed by atoms with Crippen molar-refractivity contribution < 1.29 is 0 Å². The standard InChI is InChI=1S/C18H16ClN5O/c1-11-7-8-13(9-14(11)19)21-17(20)24-18-22-15(10-16(25)23-18)12-5-3-2-4-6-12/h2-10H,1H3,(H4,20,21,22,23,24,25). The first-order valence-electron chi connectivity index (χ1n) is 7.55. The summed E-state index contributed by atoms with van der Waals surface area (Å²) in [6.07, 6.45) is 0. The molecule has 6 nitrogen and oxygen atoms in total. The molecule has 0 radical (unpaired) electrons. The lowest BCUT2D eigenvalue weighted by Crippen LogP contribution is -2.22. The van der Waals surface area contributed by atoms with Crippen LogP contribution in [0, 0.1) is 6.92 Å². The summed E-state index contributed by atoms with van der Waals surface area (Å²) in [6.45, 7) is 1.91. The van der Waals surface area contributed by atoms with E-state index in [0.717, 1.165) is 11.1 Å². The molecular weight excluding hydrogens is 338 g/mol. The molecule has 1 heterocycles. The Balaban J connectivity index is 1.88. The number of anilines is 1. The Morgan fingerprint density at radius 1 is 1.20 bits per heavy atom. The van der Waals surface area contributed by atoms with E-state index in [0.29, 0.717) is 16.4 Å². The van der Waals surface area contributed by atoms with Crippen molar-refractivity contribution in [2.75, 3.05) is 5.32 Å². The SMILES string of the molecule is Cc1ccc(NC(N)=Nc2nc(-c3ccccc3)cc(=O)[nH]2)cc1Cl. The Kier molecular flexibility index (Phi) is 4.81. The molecule has 0 aliphatic carbocycles. The van der Waals surface area contributed by atoms with E-state index < -0.39 is 0 Å². The summed E-state index contributed by atoms with van der Waals surface area (Å²) in [4.78, 5) is 22.9. The van der Waals surface area contributed by atoms with Gasteiger partial charge < -0.3 is 11.1 Å². The summed E-state index contributed by atoms with van der Waals surface area (Å²) in [5.74, 6) is 0.211. The van der Waals surface area contributed by atoms with Crippen LogP contribution < -0.4 is 16.6 Å². The second kappa shape index (κ2) is 7.19. The maximum atomic E-state index is 11.9. The number of guanidine groups is 1. The highest BCUT2D eigenvalue weighted by Crippen LogP contribution is 2.20. The lowest BCUT2D eigenvalue weighted by Gasteiger charge is -2.07. The van der Waals surface area contributed by atoms with Gasteiger partial charge in [0.1, 0.15) is 0 Å². The molecule has 7 heteroatoms. The molecule has 3 rings (SSSR count). The average Bonchev–Trinajstić information content (AvgIpc) is 2.58. The molecule has 0 aliphatic rings. The quantitative estimate of drug-likeness (QED) is 0.496. The van der Waals surface area contributed by atoms with E-state index >= 15 is 0 Å². The summed E-state index contributed by atoms with van der Waals surface area (Å²) < 4.78 is 0. The number of aliphatic imine (C=N–C) groups is 1. The molecule has 0 amide bonds. The first-order valence-corrected chi connectivity index (χ1v) is 7.93. The second-order valence-corrected chi connectivity index (χ2v) is 5.81. The monoisotopic (exact) mass is 353 g/mol. The van der Waals surface area contributed by atoms with Crippen LogP contribution >= 0.6 is 11.6 Å². The molecule has 0 saturated heterocycles. The largest absolute Gasteiger partial charge is 0.369 e. The van der Waals surface area contributed by atoms with E-state index in [1.807, 2.05) is 49.4 Å². The minimum absolute atomic E-state index is 0.0910. The number of aromatic nitrogens is 2. The smallest absolute Gasteiger partial charge is 0.252 e. The van der Waals surface area contributed by atoms with Gasteiger partial charge in [-0.3, -0.25) is 9.78 Å². The highest BCUT2D eigenvalue weighted by Gasteiger charge is 2.05. The van der Waals surface area contributed by atoms with Crippen LogP contribution in [0.1, 0.15) is 5.56 Å². The summed E-state index contributed by atoms with van der Waals surface area (Å²) in [6, 6.07) is 16.2. The van der Waals surface area contributed by atoms with Crippen LogP contribution in [0.5, 0.6) is 0 Å². The number of aryl methyl sites for hydroxylation is 1. The number of H-pyrrole nitrogens is 1. The van der Waals surface area contributed by atoms with Gasteiger partial charge in [0.05, 0.1) is 5.69 Å². The highest BCUT2D eigenvalue weighted by atomic mass is 35.5. The van der Waals surface area contributed by atoms with E-state index in [2.05, 4.69) is 20.3 Å². The first kappa shape index (κ1) is 16.7. The van der Waals surface area contributed by atoms with E-state index in [-0.39, 0.29) is 17.5 Å². The normalized spacial score (nSPS) is 11.4. The van der Waals surface area contributed by atoms with Crippen LogP contribution in [0.2, 0.25) is 5.02 Å². The number of hydrogen-bond donors (Lipinski definition) is 3. The van der Waals surface area contributed by atoms with E-state index in [9.17, 15) is 4.79 Å². The molecular formula is C18H16ClN5O. The molecule has 4 N–H and O–H groups in total. The molecule has 0 bridgehead atoms. The van der Waals surface area contributed by atoms with Crippen molar-refractivity contribution in [1.29, 1.82) is 0 Å². The highest BCUT2D eigenvalue weighted by molar-refractivity contribution is 6.31. The van der Waals surface area contributed by atoms with Gasteiger partial charge in [-0.2, -0.15) is 4.99 Å². The number of rotatable bonds is 3. The van der Waals surface area contributed by atoms with Gasteiger partial charge in [-0.25, -0.2) is 4.98 Å². The van der Waals surface area contributed by atoms with Gasteiger partial charge in [0, 0.05) is 22.3 Å². The molecule has 0 spiro atoms. The predicted molar refractivity (Wildman–Crippen MR) is 101 cm³/mol. The summed E-state index contributed by atoms with van der Waals surface area (Å²) in [5.41, 5.74) is 8.59. The van der Waals surface area contributed by atoms with Gasteiger partial charge in [-0.1, -0.05) is 48.0 Å². The van der Waals surface area contributed by atoms with Crippen LogP contribution in [0.25, 0.3) is 11.3 Å².